The summed E-state index contributed by atoms with van der Waals surface area (Å²) >= 11 is 6.24. The molecule has 0 aromatic heterocycles. The van der Waals surface area contributed by atoms with Crippen LogP contribution in [0.1, 0.15) is 18.4 Å². The molecule has 0 bridgehead atoms. The largest absolute Gasteiger partial charge is 0.489 e. The second-order valence-electron chi connectivity index (χ2n) is 6.03. The van der Waals surface area contributed by atoms with Crippen LogP contribution in [0.2, 0.25) is 5.02 Å². The molecular formula is C19H18ClNO4. The van der Waals surface area contributed by atoms with Gasteiger partial charge in [-0.15, -0.1) is 0 Å². The minimum absolute atomic E-state index is 0.180. The van der Waals surface area contributed by atoms with E-state index in [1.807, 2.05) is 41.3 Å². The van der Waals surface area contributed by atoms with Crippen LogP contribution in [0.4, 0.5) is 5.69 Å². The Morgan fingerprint density at radius 1 is 1.12 bits per heavy atom. The Bertz CT molecular complexity index is 791. The number of amides is 1. The molecule has 6 heteroatoms. The van der Waals surface area contributed by atoms with E-state index in [2.05, 4.69) is 0 Å². The maximum Gasteiger partial charge on any atom is 0.227 e. The Morgan fingerprint density at radius 2 is 1.92 bits per heavy atom. The van der Waals surface area contributed by atoms with Gasteiger partial charge >= 0.3 is 0 Å². The number of benzene rings is 2. The van der Waals surface area contributed by atoms with E-state index in [4.69, 9.17) is 25.8 Å². The van der Waals surface area contributed by atoms with Crippen molar-refractivity contribution in [2.75, 3.05) is 24.7 Å². The summed E-state index contributed by atoms with van der Waals surface area (Å²) in [5, 5.41) is 0.527. The molecule has 0 saturated carbocycles. The second-order valence-corrected chi connectivity index (χ2v) is 6.44. The third kappa shape index (κ3) is 3.37. The van der Waals surface area contributed by atoms with Crippen molar-refractivity contribution in [3.8, 4) is 17.2 Å². The van der Waals surface area contributed by atoms with Gasteiger partial charge in [0, 0.05) is 18.7 Å². The summed E-state index contributed by atoms with van der Waals surface area (Å²) in [4.78, 5) is 13.6. The molecule has 130 valence electrons. The first-order chi connectivity index (χ1) is 12.2. The van der Waals surface area contributed by atoms with Gasteiger partial charge in [-0.25, -0.2) is 0 Å². The maximum absolute atomic E-state index is 11.8. The molecule has 2 aromatic carbocycles. The molecule has 1 saturated heterocycles. The van der Waals surface area contributed by atoms with E-state index in [0.29, 0.717) is 42.8 Å². The first-order valence-corrected chi connectivity index (χ1v) is 8.70. The number of halogens is 1. The van der Waals surface area contributed by atoms with Crippen LogP contribution in [0.3, 0.4) is 0 Å². The molecule has 2 aromatic rings. The van der Waals surface area contributed by atoms with Gasteiger partial charge in [-0.1, -0.05) is 11.6 Å². The topological polar surface area (TPSA) is 48.0 Å². The molecule has 0 radical (unpaired) electrons. The zero-order valence-corrected chi connectivity index (χ0v) is 14.4. The average Bonchev–Trinajstić information content (AvgIpc) is 3.06. The average molecular weight is 360 g/mol. The molecule has 2 aliphatic rings. The highest BCUT2D eigenvalue weighted by Gasteiger charge is 2.21. The van der Waals surface area contributed by atoms with E-state index in [-0.39, 0.29) is 5.91 Å². The zero-order chi connectivity index (χ0) is 17.2. The minimum atomic E-state index is 0.180. The minimum Gasteiger partial charge on any atom is -0.489 e. The Morgan fingerprint density at radius 3 is 2.68 bits per heavy atom. The molecular weight excluding hydrogens is 342 g/mol. The standard InChI is InChI=1S/C19H18ClNO4/c20-16-10-13(11-17-19(16)24-9-8-23-17)12-25-15-5-3-14(4-6-15)21-7-1-2-18(21)22/h3-6,10-11H,1-2,7-9,12H2. The van der Waals surface area contributed by atoms with E-state index in [1.54, 1.807) is 0 Å². The highest BCUT2D eigenvalue weighted by Crippen LogP contribution is 2.38. The third-order valence-electron chi connectivity index (χ3n) is 4.28. The predicted molar refractivity (Wildman–Crippen MR) is 94.8 cm³/mol. The molecule has 5 nitrogen and oxygen atoms in total. The quantitative estimate of drug-likeness (QED) is 0.832. The lowest BCUT2D eigenvalue weighted by Gasteiger charge is -2.20. The van der Waals surface area contributed by atoms with Crippen molar-refractivity contribution in [1.82, 2.24) is 0 Å². The molecule has 0 atom stereocenters. The Balaban J connectivity index is 1.43. The summed E-state index contributed by atoms with van der Waals surface area (Å²) in [6, 6.07) is 11.3. The molecule has 0 aliphatic carbocycles. The number of carbonyl (C=O) groups excluding carboxylic acids is 1. The molecule has 2 heterocycles. The van der Waals surface area contributed by atoms with Crippen molar-refractivity contribution in [1.29, 1.82) is 0 Å². The van der Waals surface area contributed by atoms with Crippen molar-refractivity contribution in [2.45, 2.75) is 19.4 Å². The van der Waals surface area contributed by atoms with Gasteiger partial charge in [0.2, 0.25) is 5.91 Å². The van der Waals surface area contributed by atoms with Gasteiger partial charge in [0.25, 0.3) is 0 Å². The highest BCUT2D eigenvalue weighted by molar-refractivity contribution is 6.32. The lowest BCUT2D eigenvalue weighted by Crippen LogP contribution is -2.23. The number of carbonyl (C=O) groups is 1. The second kappa shape index (κ2) is 6.84. The van der Waals surface area contributed by atoms with Crippen LogP contribution >= 0.6 is 11.6 Å². The van der Waals surface area contributed by atoms with Crippen molar-refractivity contribution in [3.63, 3.8) is 0 Å². The highest BCUT2D eigenvalue weighted by atomic mass is 35.5. The number of nitrogens with zero attached hydrogens (tertiary/aromatic N) is 1. The van der Waals surface area contributed by atoms with E-state index < -0.39 is 0 Å². The molecule has 2 aliphatic heterocycles. The van der Waals surface area contributed by atoms with Crippen molar-refractivity contribution in [2.24, 2.45) is 0 Å². The number of fused-ring (bicyclic) bond motifs is 1. The molecule has 4 rings (SSSR count). The predicted octanol–water partition coefficient (Wildman–Crippen LogP) is 3.82. The van der Waals surface area contributed by atoms with Gasteiger partial charge in [0.15, 0.2) is 11.5 Å². The summed E-state index contributed by atoms with van der Waals surface area (Å²) in [7, 11) is 0. The number of hydrogen-bond donors (Lipinski definition) is 0. The van der Waals surface area contributed by atoms with Gasteiger partial charge in [-0.3, -0.25) is 4.79 Å². The van der Waals surface area contributed by atoms with Gasteiger partial charge in [-0.2, -0.15) is 0 Å². The van der Waals surface area contributed by atoms with Crippen molar-refractivity contribution < 1.29 is 19.0 Å². The monoisotopic (exact) mass is 359 g/mol. The van der Waals surface area contributed by atoms with Gasteiger partial charge < -0.3 is 19.1 Å². The summed E-state index contributed by atoms with van der Waals surface area (Å²) in [5.74, 6) is 2.16. The van der Waals surface area contributed by atoms with Crippen LogP contribution in [0.25, 0.3) is 0 Å². The molecule has 0 spiro atoms. The van der Waals surface area contributed by atoms with E-state index in [9.17, 15) is 4.79 Å². The summed E-state index contributed by atoms with van der Waals surface area (Å²) in [6.45, 7) is 2.19. The fourth-order valence-electron chi connectivity index (χ4n) is 3.06. The van der Waals surface area contributed by atoms with Gasteiger partial charge in [0.1, 0.15) is 25.6 Å². The number of hydrogen-bond acceptors (Lipinski definition) is 4. The Kier molecular flexibility index (Phi) is 4.40. The van der Waals surface area contributed by atoms with Crippen LogP contribution in [0, 0.1) is 0 Å². The molecule has 0 N–H and O–H groups in total. The van der Waals surface area contributed by atoms with Crippen LogP contribution < -0.4 is 19.1 Å². The first-order valence-electron chi connectivity index (χ1n) is 8.32. The smallest absolute Gasteiger partial charge is 0.227 e. The molecule has 0 unspecified atom stereocenters. The Labute approximate surface area is 151 Å². The number of anilines is 1. The van der Waals surface area contributed by atoms with Crippen molar-refractivity contribution in [3.05, 3.63) is 47.0 Å². The van der Waals surface area contributed by atoms with E-state index in [1.165, 1.54) is 0 Å². The molecule has 25 heavy (non-hydrogen) atoms. The summed E-state index contributed by atoms with van der Waals surface area (Å²) < 4.78 is 16.9. The number of rotatable bonds is 4. The maximum atomic E-state index is 11.8. The number of ether oxygens (including phenoxy) is 3. The van der Waals surface area contributed by atoms with E-state index >= 15 is 0 Å². The summed E-state index contributed by atoms with van der Waals surface area (Å²) in [5.41, 5.74) is 1.82. The Hall–Kier alpha value is -2.40. The van der Waals surface area contributed by atoms with Gasteiger partial charge in [-0.05, 0) is 48.4 Å². The van der Waals surface area contributed by atoms with Crippen LogP contribution in [-0.2, 0) is 11.4 Å². The third-order valence-corrected chi connectivity index (χ3v) is 4.56. The van der Waals surface area contributed by atoms with Crippen LogP contribution in [-0.4, -0.2) is 25.7 Å². The molecule has 1 fully saturated rings. The van der Waals surface area contributed by atoms with Crippen LogP contribution in [0.5, 0.6) is 17.2 Å². The lowest BCUT2D eigenvalue weighted by molar-refractivity contribution is -0.117. The van der Waals surface area contributed by atoms with Crippen LogP contribution in [0.15, 0.2) is 36.4 Å². The van der Waals surface area contributed by atoms with E-state index in [0.717, 1.165) is 30.0 Å². The normalized spacial score (nSPS) is 16.2. The van der Waals surface area contributed by atoms with Gasteiger partial charge in [0.05, 0.1) is 5.02 Å². The fraction of sp³-hybridized carbons (Fsp3) is 0.316. The summed E-state index contributed by atoms with van der Waals surface area (Å²) in [6.07, 6.45) is 1.55. The van der Waals surface area contributed by atoms with Crippen molar-refractivity contribution >= 4 is 23.2 Å². The fourth-order valence-corrected chi connectivity index (χ4v) is 3.35. The first kappa shape index (κ1) is 16.1. The molecule has 1 amide bonds. The SMILES string of the molecule is O=C1CCCN1c1ccc(OCc2cc(Cl)c3c(c2)OCCO3)cc1. The lowest BCUT2D eigenvalue weighted by atomic mass is 10.2. The zero-order valence-electron chi connectivity index (χ0n) is 13.7.